The fourth-order valence-corrected chi connectivity index (χ4v) is 6.62. The standard InChI is InChI=1S/C23H21ClN4O2Se/c24-21-20-22(26-14-25-21)28(15-27-20)23-19(31-18-9-5-2-6-10-18)11-17(30-23)13-29-12-16-7-3-1-4-8-16/h1-10,14-15,17,19,23H,11-13H2/t17-,19+,23-/m0/s1. The summed E-state index contributed by atoms with van der Waals surface area (Å²) < 4.78 is 15.8. The average Bonchev–Trinajstić information content (AvgIpc) is 3.40. The van der Waals surface area contributed by atoms with E-state index < -0.39 is 0 Å². The number of benzene rings is 2. The summed E-state index contributed by atoms with van der Waals surface area (Å²) in [6.07, 6.45) is 4.00. The van der Waals surface area contributed by atoms with E-state index in [1.54, 1.807) is 6.33 Å². The quantitative estimate of drug-likeness (QED) is 0.286. The van der Waals surface area contributed by atoms with Gasteiger partial charge in [0.25, 0.3) is 0 Å². The molecule has 0 amide bonds. The minimum absolute atomic E-state index is 0.0130. The summed E-state index contributed by atoms with van der Waals surface area (Å²) in [5, 5.41) is 0.356. The Morgan fingerprint density at radius 3 is 2.61 bits per heavy atom. The van der Waals surface area contributed by atoms with Gasteiger partial charge >= 0.3 is 192 Å². The van der Waals surface area contributed by atoms with E-state index in [-0.39, 0.29) is 27.3 Å². The molecule has 3 atom stereocenters. The van der Waals surface area contributed by atoms with Crippen LogP contribution >= 0.6 is 11.6 Å². The third kappa shape index (κ3) is 4.66. The normalized spacial score (nSPS) is 21.0. The van der Waals surface area contributed by atoms with Crippen molar-refractivity contribution < 1.29 is 9.47 Å². The number of nitrogens with zero attached hydrogens (tertiary/aromatic N) is 4. The Morgan fingerprint density at radius 1 is 1.03 bits per heavy atom. The molecule has 0 radical (unpaired) electrons. The van der Waals surface area contributed by atoms with E-state index in [2.05, 4.69) is 51.4 Å². The number of hydrogen-bond acceptors (Lipinski definition) is 5. The summed E-state index contributed by atoms with van der Waals surface area (Å²) >= 11 is 6.44. The molecule has 1 saturated heterocycles. The van der Waals surface area contributed by atoms with Crippen molar-refractivity contribution in [2.45, 2.75) is 30.2 Å². The number of hydrogen-bond donors (Lipinski definition) is 0. The van der Waals surface area contributed by atoms with Crippen LogP contribution in [0.25, 0.3) is 11.2 Å². The minimum atomic E-state index is -0.165. The monoisotopic (exact) mass is 500 g/mol. The van der Waals surface area contributed by atoms with Crippen LogP contribution in [0.3, 0.4) is 0 Å². The molecule has 1 fully saturated rings. The predicted molar refractivity (Wildman–Crippen MR) is 121 cm³/mol. The Morgan fingerprint density at radius 2 is 1.81 bits per heavy atom. The van der Waals surface area contributed by atoms with Gasteiger partial charge in [0.05, 0.1) is 0 Å². The van der Waals surface area contributed by atoms with Gasteiger partial charge in [-0.25, -0.2) is 0 Å². The van der Waals surface area contributed by atoms with Crippen LogP contribution in [0.1, 0.15) is 18.2 Å². The maximum absolute atomic E-state index is 6.49. The summed E-state index contributed by atoms with van der Waals surface area (Å²) in [4.78, 5) is 13.2. The Balaban J connectivity index is 1.35. The van der Waals surface area contributed by atoms with Gasteiger partial charge in [-0.3, -0.25) is 0 Å². The Kier molecular flexibility index (Phi) is 6.30. The van der Waals surface area contributed by atoms with Gasteiger partial charge in [-0.15, -0.1) is 0 Å². The molecule has 0 N–H and O–H groups in total. The van der Waals surface area contributed by atoms with Crippen molar-refractivity contribution in [1.29, 1.82) is 0 Å². The molecule has 2 aromatic carbocycles. The second-order valence-corrected chi connectivity index (χ2v) is 10.5. The molecular weight excluding hydrogens is 479 g/mol. The molecular formula is C23H21ClN4O2Se. The van der Waals surface area contributed by atoms with Crippen LogP contribution in [0.15, 0.2) is 73.3 Å². The summed E-state index contributed by atoms with van der Waals surface area (Å²) in [5.41, 5.74) is 2.46. The van der Waals surface area contributed by atoms with Crippen LogP contribution in [-0.4, -0.2) is 47.2 Å². The first-order valence-electron chi connectivity index (χ1n) is 10.1. The van der Waals surface area contributed by atoms with E-state index in [1.165, 1.54) is 10.8 Å². The maximum atomic E-state index is 6.49. The number of fused-ring (bicyclic) bond motifs is 1. The van der Waals surface area contributed by atoms with Gasteiger partial charge in [0, 0.05) is 0 Å². The molecule has 5 rings (SSSR count). The molecule has 1 aliphatic heterocycles. The molecule has 2 aromatic heterocycles. The van der Waals surface area contributed by atoms with Crippen molar-refractivity contribution in [2.24, 2.45) is 0 Å². The van der Waals surface area contributed by atoms with Gasteiger partial charge in [0.1, 0.15) is 0 Å². The summed E-state index contributed by atoms with van der Waals surface area (Å²) in [7, 11) is 0. The third-order valence-corrected chi connectivity index (χ3v) is 8.13. The molecule has 158 valence electrons. The molecule has 0 aliphatic carbocycles. The first kappa shape index (κ1) is 20.6. The zero-order valence-electron chi connectivity index (χ0n) is 16.7. The third-order valence-electron chi connectivity index (χ3n) is 5.18. The molecule has 0 spiro atoms. The Hall–Kier alpha value is -2.28. The zero-order valence-corrected chi connectivity index (χ0v) is 19.1. The van der Waals surface area contributed by atoms with E-state index in [4.69, 9.17) is 21.1 Å². The summed E-state index contributed by atoms with van der Waals surface area (Å²) in [6.45, 7) is 1.13. The second-order valence-electron chi connectivity index (χ2n) is 7.34. The van der Waals surface area contributed by atoms with E-state index in [9.17, 15) is 0 Å². The number of aromatic nitrogens is 4. The van der Waals surface area contributed by atoms with Crippen LogP contribution in [0.4, 0.5) is 0 Å². The van der Waals surface area contributed by atoms with Crippen LogP contribution in [-0.2, 0) is 16.1 Å². The van der Waals surface area contributed by atoms with Crippen molar-refractivity contribution in [1.82, 2.24) is 19.5 Å². The topological polar surface area (TPSA) is 62.1 Å². The van der Waals surface area contributed by atoms with Crippen molar-refractivity contribution in [3.8, 4) is 0 Å². The zero-order chi connectivity index (χ0) is 21.0. The van der Waals surface area contributed by atoms with Gasteiger partial charge in [-0.2, -0.15) is 0 Å². The number of imidazole rings is 1. The SMILES string of the molecule is Clc1ncnc2c1ncn2[C@H]1O[C@H](COCc2ccccc2)C[C@H]1[Se]c1ccccc1. The fraction of sp³-hybridized carbons (Fsp3) is 0.261. The van der Waals surface area contributed by atoms with E-state index in [0.29, 0.717) is 34.3 Å². The van der Waals surface area contributed by atoms with Gasteiger partial charge in [-0.05, 0) is 0 Å². The molecule has 0 unspecified atom stereocenters. The van der Waals surface area contributed by atoms with Crippen LogP contribution < -0.4 is 4.46 Å². The first-order chi connectivity index (χ1) is 15.3. The molecule has 0 bridgehead atoms. The fourth-order valence-electron chi connectivity index (χ4n) is 3.74. The van der Waals surface area contributed by atoms with Crippen molar-refractivity contribution in [3.05, 3.63) is 84.0 Å². The molecule has 3 heterocycles. The number of halogens is 1. The molecule has 6 nitrogen and oxygen atoms in total. The average molecular weight is 500 g/mol. The molecule has 4 aromatic rings. The van der Waals surface area contributed by atoms with Crippen molar-refractivity contribution >= 4 is 42.2 Å². The Bertz CT molecular complexity index is 1140. The summed E-state index contributed by atoms with van der Waals surface area (Å²) in [6, 6.07) is 20.8. The van der Waals surface area contributed by atoms with Gasteiger partial charge < -0.3 is 0 Å². The molecule has 0 saturated carbocycles. The van der Waals surface area contributed by atoms with E-state index in [1.807, 2.05) is 28.8 Å². The Labute approximate surface area is 191 Å². The van der Waals surface area contributed by atoms with Crippen LogP contribution in [0.2, 0.25) is 9.97 Å². The predicted octanol–water partition coefficient (Wildman–Crippen LogP) is 3.80. The molecule has 1 aliphatic rings. The number of ether oxygens (including phenoxy) is 2. The molecule has 31 heavy (non-hydrogen) atoms. The summed E-state index contributed by atoms with van der Waals surface area (Å²) in [5.74, 6) is 0. The van der Waals surface area contributed by atoms with Gasteiger partial charge in [0.2, 0.25) is 0 Å². The van der Waals surface area contributed by atoms with E-state index in [0.717, 1.165) is 12.0 Å². The number of rotatable bonds is 7. The first-order valence-corrected chi connectivity index (χ1v) is 12.3. The van der Waals surface area contributed by atoms with Crippen LogP contribution in [0.5, 0.6) is 0 Å². The van der Waals surface area contributed by atoms with Crippen LogP contribution in [0, 0.1) is 0 Å². The molecule has 8 heteroatoms. The van der Waals surface area contributed by atoms with Gasteiger partial charge in [0.15, 0.2) is 0 Å². The van der Waals surface area contributed by atoms with Crippen molar-refractivity contribution in [3.63, 3.8) is 0 Å². The van der Waals surface area contributed by atoms with Crippen molar-refractivity contribution in [2.75, 3.05) is 6.61 Å². The van der Waals surface area contributed by atoms with E-state index >= 15 is 0 Å². The second kappa shape index (κ2) is 9.47. The van der Waals surface area contributed by atoms with Gasteiger partial charge in [-0.1, -0.05) is 0 Å².